The van der Waals surface area contributed by atoms with Gasteiger partial charge in [-0.3, -0.25) is 4.79 Å². The van der Waals surface area contributed by atoms with Crippen molar-refractivity contribution < 1.29 is 9.90 Å². The molecule has 0 spiro atoms. The number of aliphatic hydroxyl groups excluding tert-OH is 1. The van der Waals surface area contributed by atoms with Crippen LogP contribution < -0.4 is 0 Å². The van der Waals surface area contributed by atoms with E-state index in [1.807, 2.05) is 4.90 Å². The number of rotatable bonds is 3. The average Bonchev–Trinajstić information content (AvgIpc) is 2.41. The first-order chi connectivity index (χ1) is 8.69. The van der Waals surface area contributed by atoms with Crippen molar-refractivity contribution in [3.8, 4) is 0 Å². The molecule has 2 fully saturated rings. The van der Waals surface area contributed by atoms with Crippen LogP contribution in [0.2, 0.25) is 0 Å². The third kappa shape index (κ3) is 3.69. The first-order valence-electron chi connectivity index (χ1n) is 7.26. The van der Waals surface area contributed by atoms with Gasteiger partial charge in [-0.15, -0.1) is 0 Å². The summed E-state index contributed by atoms with van der Waals surface area (Å²) in [6.45, 7) is 3.84. The van der Waals surface area contributed by atoms with E-state index in [1.165, 1.54) is 32.4 Å². The Kier molecular flexibility index (Phi) is 5.01. The van der Waals surface area contributed by atoms with E-state index >= 15 is 0 Å². The van der Waals surface area contributed by atoms with Crippen LogP contribution in [0, 0.1) is 11.8 Å². The molecule has 4 nitrogen and oxygen atoms in total. The number of amides is 1. The zero-order valence-corrected chi connectivity index (χ0v) is 11.5. The first kappa shape index (κ1) is 13.8. The molecule has 104 valence electrons. The van der Waals surface area contributed by atoms with Gasteiger partial charge >= 0.3 is 0 Å². The number of carbonyl (C=O) groups excluding carboxylic acids is 1. The van der Waals surface area contributed by atoms with Crippen molar-refractivity contribution in [3.63, 3.8) is 0 Å². The van der Waals surface area contributed by atoms with Crippen molar-refractivity contribution in [1.82, 2.24) is 9.80 Å². The molecule has 0 radical (unpaired) electrons. The van der Waals surface area contributed by atoms with Crippen molar-refractivity contribution in [3.05, 3.63) is 0 Å². The van der Waals surface area contributed by atoms with Gasteiger partial charge in [-0.05, 0) is 64.1 Å². The Morgan fingerprint density at radius 3 is 2.06 bits per heavy atom. The van der Waals surface area contributed by atoms with Gasteiger partial charge in [0.25, 0.3) is 0 Å². The van der Waals surface area contributed by atoms with Crippen LogP contribution in [0.25, 0.3) is 0 Å². The van der Waals surface area contributed by atoms with Gasteiger partial charge in [0.15, 0.2) is 0 Å². The Morgan fingerprint density at radius 2 is 1.56 bits per heavy atom. The predicted octanol–water partition coefficient (Wildman–Crippen LogP) is 0.949. The zero-order chi connectivity index (χ0) is 13.0. The number of piperidine rings is 2. The summed E-state index contributed by atoms with van der Waals surface area (Å²) < 4.78 is 0. The molecule has 0 aromatic rings. The fraction of sp³-hybridized carbons (Fsp3) is 0.929. The average molecular weight is 254 g/mol. The predicted molar refractivity (Wildman–Crippen MR) is 71.2 cm³/mol. The number of hydrogen-bond donors (Lipinski definition) is 1. The fourth-order valence-electron chi connectivity index (χ4n) is 3.29. The summed E-state index contributed by atoms with van der Waals surface area (Å²) in [7, 11) is 2.20. The summed E-state index contributed by atoms with van der Waals surface area (Å²) >= 11 is 0. The molecule has 4 heteroatoms. The minimum absolute atomic E-state index is 0.104. The van der Waals surface area contributed by atoms with Gasteiger partial charge in [-0.1, -0.05) is 0 Å². The maximum Gasteiger partial charge on any atom is 0.248 e. The standard InChI is InChI=1S/C14H26N2O2/c1-15-6-2-12(3-7-15)10-13-4-8-16(9-5-13)14(18)11-17/h12-13,17H,2-11H2,1H3. The van der Waals surface area contributed by atoms with E-state index in [9.17, 15) is 4.79 Å². The number of hydrogen-bond acceptors (Lipinski definition) is 3. The second-order valence-electron chi connectivity index (χ2n) is 5.96. The van der Waals surface area contributed by atoms with E-state index in [0.717, 1.165) is 37.8 Å². The molecule has 2 aliphatic heterocycles. The molecule has 0 aromatic carbocycles. The number of carbonyl (C=O) groups is 1. The summed E-state index contributed by atoms with van der Waals surface area (Å²) in [5.41, 5.74) is 0. The summed E-state index contributed by atoms with van der Waals surface area (Å²) in [6, 6.07) is 0. The Bertz CT molecular complexity index is 267. The third-order valence-corrected chi connectivity index (χ3v) is 4.61. The zero-order valence-electron chi connectivity index (χ0n) is 11.5. The van der Waals surface area contributed by atoms with Crippen LogP contribution in [0.15, 0.2) is 0 Å². The smallest absolute Gasteiger partial charge is 0.248 e. The van der Waals surface area contributed by atoms with E-state index in [1.54, 1.807) is 0 Å². The Hall–Kier alpha value is -0.610. The van der Waals surface area contributed by atoms with Gasteiger partial charge in [0.1, 0.15) is 6.61 Å². The molecule has 1 N–H and O–H groups in total. The SMILES string of the molecule is CN1CCC(CC2CCN(C(=O)CO)CC2)CC1. The molecule has 2 saturated heterocycles. The second kappa shape index (κ2) is 6.53. The van der Waals surface area contributed by atoms with Gasteiger partial charge in [0, 0.05) is 13.1 Å². The maximum absolute atomic E-state index is 11.4. The number of likely N-dealkylation sites (tertiary alicyclic amines) is 2. The van der Waals surface area contributed by atoms with Crippen LogP contribution in [0.1, 0.15) is 32.1 Å². The van der Waals surface area contributed by atoms with Crippen molar-refractivity contribution in [2.75, 3.05) is 39.8 Å². The molecule has 18 heavy (non-hydrogen) atoms. The summed E-state index contributed by atoms with van der Waals surface area (Å²) in [4.78, 5) is 15.6. The van der Waals surface area contributed by atoms with E-state index in [-0.39, 0.29) is 12.5 Å². The molecule has 0 unspecified atom stereocenters. The van der Waals surface area contributed by atoms with Gasteiger partial charge in [-0.2, -0.15) is 0 Å². The van der Waals surface area contributed by atoms with E-state index in [2.05, 4.69) is 11.9 Å². The minimum Gasteiger partial charge on any atom is -0.387 e. The number of nitrogens with zero attached hydrogens (tertiary/aromatic N) is 2. The largest absolute Gasteiger partial charge is 0.387 e. The highest BCUT2D eigenvalue weighted by Crippen LogP contribution is 2.29. The molecule has 0 atom stereocenters. The molecular formula is C14H26N2O2. The normalized spacial score (nSPS) is 24.4. The van der Waals surface area contributed by atoms with Crippen LogP contribution in [0.4, 0.5) is 0 Å². The van der Waals surface area contributed by atoms with Crippen molar-refractivity contribution in [1.29, 1.82) is 0 Å². The summed E-state index contributed by atoms with van der Waals surface area (Å²) in [5.74, 6) is 1.58. The van der Waals surface area contributed by atoms with E-state index in [0.29, 0.717) is 0 Å². The Balaban J connectivity index is 1.69. The van der Waals surface area contributed by atoms with Crippen LogP contribution in [0.5, 0.6) is 0 Å². The Morgan fingerprint density at radius 1 is 1.06 bits per heavy atom. The van der Waals surface area contributed by atoms with Gasteiger partial charge in [0.05, 0.1) is 0 Å². The lowest BCUT2D eigenvalue weighted by molar-refractivity contribution is -0.135. The first-order valence-corrected chi connectivity index (χ1v) is 7.26. The highest BCUT2D eigenvalue weighted by molar-refractivity contribution is 5.77. The molecule has 1 amide bonds. The minimum atomic E-state index is -0.334. The molecule has 2 aliphatic rings. The molecule has 2 rings (SSSR count). The topological polar surface area (TPSA) is 43.8 Å². The van der Waals surface area contributed by atoms with Crippen LogP contribution in [-0.2, 0) is 4.79 Å². The molecule has 0 aliphatic carbocycles. The summed E-state index contributed by atoms with van der Waals surface area (Å²) in [6.07, 6.45) is 6.27. The third-order valence-electron chi connectivity index (χ3n) is 4.61. The van der Waals surface area contributed by atoms with Crippen molar-refractivity contribution >= 4 is 5.91 Å². The summed E-state index contributed by atoms with van der Waals surface area (Å²) in [5, 5.41) is 8.84. The lowest BCUT2D eigenvalue weighted by atomic mass is 9.83. The van der Waals surface area contributed by atoms with Gasteiger partial charge in [0.2, 0.25) is 5.91 Å². The highest BCUT2D eigenvalue weighted by atomic mass is 16.3. The van der Waals surface area contributed by atoms with Crippen LogP contribution in [0.3, 0.4) is 0 Å². The number of aliphatic hydroxyl groups is 1. The quantitative estimate of drug-likeness (QED) is 0.815. The van der Waals surface area contributed by atoms with Crippen LogP contribution >= 0.6 is 0 Å². The maximum atomic E-state index is 11.4. The van der Waals surface area contributed by atoms with E-state index in [4.69, 9.17) is 5.11 Å². The highest BCUT2D eigenvalue weighted by Gasteiger charge is 2.25. The van der Waals surface area contributed by atoms with Gasteiger partial charge in [-0.25, -0.2) is 0 Å². The fourth-order valence-corrected chi connectivity index (χ4v) is 3.29. The van der Waals surface area contributed by atoms with Crippen molar-refractivity contribution in [2.45, 2.75) is 32.1 Å². The molecule has 0 bridgehead atoms. The lowest BCUT2D eigenvalue weighted by Gasteiger charge is -2.35. The molecule has 2 heterocycles. The second-order valence-corrected chi connectivity index (χ2v) is 5.96. The molecular weight excluding hydrogens is 228 g/mol. The Labute approximate surface area is 110 Å². The monoisotopic (exact) mass is 254 g/mol. The lowest BCUT2D eigenvalue weighted by Crippen LogP contribution is -2.40. The van der Waals surface area contributed by atoms with Crippen LogP contribution in [-0.4, -0.2) is 60.6 Å². The molecule has 0 saturated carbocycles. The van der Waals surface area contributed by atoms with Crippen molar-refractivity contribution in [2.24, 2.45) is 11.8 Å². The van der Waals surface area contributed by atoms with E-state index < -0.39 is 0 Å². The molecule has 0 aromatic heterocycles. The van der Waals surface area contributed by atoms with Gasteiger partial charge < -0.3 is 14.9 Å².